The summed E-state index contributed by atoms with van der Waals surface area (Å²) in [4.78, 5) is 5.76. The van der Waals surface area contributed by atoms with Gasteiger partial charge in [-0.2, -0.15) is 0 Å². The lowest BCUT2D eigenvalue weighted by Gasteiger charge is -2.32. The Labute approximate surface area is 380 Å². The molecule has 0 N–H and O–H groups in total. The van der Waals surface area contributed by atoms with Crippen LogP contribution in [-0.4, -0.2) is 20.2 Å². The van der Waals surface area contributed by atoms with E-state index in [0.29, 0.717) is 37.9 Å². The zero-order valence-corrected chi connectivity index (χ0v) is 38.7. The number of benzene rings is 6. The van der Waals surface area contributed by atoms with Gasteiger partial charge in [-0.15, -0.1) is 0 Å². The number of hydrogen-bond donors (Lipinski definition) is 0. The Morgan fingerprint density at radius 2 is 0.769 bits per heavy atom. The summed E-state index contributed by atoms with van der Waals surface area (Å²) in [7, 11) is 0. The molecule has 6 aromatic rings. The van der Waals surface area contributed by atoms with Crippen molar-refractivity contribution in [1.29, 1.82) is 0 Å². The normalized spacial score (nSPS) is 14.5. The fourth-order valence-corrected chi connectivity index (χ4v) is 7.68. The zero-order valence-electron chi connectivity index (χ0n) is 38.7. The van der Waals surface area contributed by atoms with Gasteiger partial charge in [0.05, 0.1) is 5.69 Å². The molecule has 0 radical (unpaired) electrons. The predicted molar refractivity (Wildman–Crippen MR) is 250 cm³/mol. The summed E-state index contributed by atoms with van der Waals surface area (Å²) in [5.41, 5.74) is 9.14. The van der Waals surface area contributed by atoms with Crippen molar-refractivity contribution in [1.82, 2.24) is 0 Å². The molecule has 0 saturated carbocycles. The molecule has 0 fully saturated rings. The van der Waals surface area contributed by atoms with E-state index in [-0.39, 0.29) is 28.8 Å². The summed E-state index contributed by atoms with van der Waals surface area (Å²) in [6.45, 7) is 22.5. The summed E-state index contributed by atoms with van der Waals surface area (Å²) in [6.07, 6.45) is 0. The summed E-state index contributed by atoms with van der Waals surface area (Å²) < 4.78 is 83.8. The van der Waals surface area contributed by atoms with Crippen LogP contribution in [0.5, 0.6) is 17.2 Å². The topological polar surface area (TPSA) is 37.4 Å². The average molecular weight is 892 g/mol. The third kappa shape index (κ3) is 11.4. The molecular weight excluding hydrogens is 834 g/mol. The van der Waals surface area contributed by atoms with Crippen LogP contribution in [0.25, 0.3) is 0 Å². The van der Waals surface area contributed by atoms with Gasteiger partial charge in [-0.3, -0.25) is 0 Å². The van der Waals surface area contributed by atoms with Gasteiger partial charge < -0.3 is 28.9 Å². The standard InChI is InChI=1S/2C18H19F2NO.C18H20FNO/c1-18(2,3)13-4-7-17-12(8-13)10-21(11-22-17)16-6-5-14(19)9-15(16)20;1-18(2,3)13-4-7-17-12(8-13)10-21(11-22-17)14-5-6-15(19)16(20)9-14;1-18(2,3)14-4-9-17-13(10-14)11-20(12-21-17)16-7-5-15(19)6-8-16/h2*4-9H,10-11H2,1-3H3;4-10H,11-12H2,1-3H3. The molecule has 6 aromatic carbocycles. The molecule has 3 heterocycles. The first kappa shape index (κ1) is 46.8. The first-order valence-electron chi connectivity index (χ1n) is 21.8. The van der Waals surface area contributed by atoms with Crippen LogP contribution in [0.1, 0.15) is 95.7 Å². The van der Waals surface area contributed by atoms with Gasteiger partial charge in [0.2, 0.25) is 0 Å². The lowest BCUT2D eigenvalue weighted by atomic mass is 9.86. The van der Waals surface area contributed by atoms with E-state index in [0.717, 1.165) is 52.7 Å². The van der Waals surface area contributed by atoms with Crippen molar-refractivity contribution >= 4 is 17.1 Å². The van der Waals surface area contributed by atoms with E-state index in [1.165, 1.54) is 52.6 Å². The van der Waals surface area contributed by atoms with Crippen molar-refractivity contribution < 1.29 is 36.2 Å². The maximum Gasteiger partial charge on any atom is 0.161 e. The SMILES string of the molecule is CC(C)(C)c1ccc2c(c1)CN(c1ccc(F)c(F)c1)CO2.CC(C)(C)c1ccc2c(c1)CN(c1ccc(F)cc1)CO2.CC(C)(C)c1ccc2c(c1)CN(c1ccc(F)cc1F)CO2. The third-order valence-corrected chi connectivity index (χ3v) is 11.7. The molecule has 0 saturated heterocycles. The van der Waals surface area contributed by atoms with Gasteiger partial charge in [-0.1, -0.05) is 80.5 Å². The van der Waals surface area contributed by atoms with Crippen LogP contribution in [0.3, 0.4) is 0 Å². The fourth-order valence-electron chi connectivity index (χ4n) is 7.68. The predicted octanol–water partition coefficient (Wildman–Crippen LogP) is 13.7. The molecule has 3 aliphatic heterocycles. The van der Waals surface area contributed by atoms with Crippen molar-refractivity contribution in [2.75, 3.05) is 34.9 Å². The largest absolute Gasteiger partial charge is 0.473 e. The highest BCUT2D eigenvalue weighted by Crippen LogP contribution is 2.36. The van der Waals surface area contributed by atoms with E-state index in [2.05, 4.69) is 110 Å². The number of ether oxygens (including phenoxy) is 3. The average Bonchev–Trinajstić information content (AvgIpc) is 3.26. The maximum atomic E-state index is 13.9. The molecule has 0 atom stereocenters. The van der Waals surface area contributed by atoms with Crippen LogP contribution < -0.4 is 28.9 Å². The van der Waals surface area contributed by atoms with Crippen LogP contribution >= 0.6 is 0 Å². The van der Waals surface area contributed by atoms with E-state index >= 15 is 0 Å². The van der Waals surface area contributed by atoms with E-state index in [9.17, 15) is 22.0 Å². The molecule has 342 valence electrons. The van der Waals surface area contributed by atoms with E-state index in [4.69, 9.17) is 14.2 Å². The quantitative estimate of drug-likeness (QED) is 0.165. The summed E-state index contributed by atoms with van der Waals surface area (Å²) >= 11 is 0. The molecule has 0 aliphatic carbocycles. The first-order valence-corrected chi connectivity index (χ1v) is 21.8. The van der Waals surface area contributed by atoms with E-state index in [1.54, 1.807) is 23.1 Å². The van der Waals surface area contributed by atoms with Crippen LogP contribution in [0.2, 0.25) is 0 Å². The van der Waals surface area contributed by atoms with Gasteiger partial charge in [-0.25, -0.2) is 22.0 Å². The Morgan fingerprint density at radius 1 is 0.369 bits per heavy atom. The highest BCUT2D eigenvalue weighted by atomic mass is 19.2. The van der Waals surface area contributed by atoms with E-state index in [1.807, 2.05) is 17.0 Å². The van der Waals surface area contributed by atoms with Crippen molar-refractivity contribution in [3.05, 3.63) is 178 Å². The first-order chi connectivity index (χ1) is 30.6. The molecule has 0 spiro atoms. The van der Waals surface area contributed by atoms with Gasteiger partial charge in [0, 0.05) is 59.8 Å². The molecule has 6 nitrogen and oxygen atoms in total. The number of nitrogens with zero attached hydrogens (tertiary/aromatic N) is 3. The number of anilines is 3. The zero-order chi connectivity index (χ0) is 46.8. The number of hydrogen-bond acceptors (Lipinski definition) is 6. The van der Waals surface area contributed by atoms with Gasteiger partial charge in [0.15, 0.2) is 31.8 Å². The molecule has 3 aliphatic rings. The summed E-state index contributed by atoms with van der Waals surface area (Å²) in [6, 6.07) is 32.8. The highest BCUT2D eigenvalue weighted by molar-refractivity contribution is 5.54. The number of halogens is 5. The molecule has 0 bridgehead atoms. The molecular formula is C54H58F5N3O3. The Kier molecular flexibility index (Phi) is 13.5. The lowest BCUT2D eigenvalue weighted by Crippen LogP contribution is -2.32. The molecule has 11 heteroatoms. The third-order valence-electron chi connectivity index (χ3n) is 11.7. The van der Waals surface area contributed by atoms with Crippen LogP contribution in [0, 0.1) is 29.1 Å². The van der Waals surface area contributed by atoms with Crippen LogP contribution in [-0.2, 0) is 35.9 Å². The summed E-state index contributed by atoms with van der Waals surface area (Å²) in [5, 5.41) is 0. The molecule has 0 amide bonds. The Morgan fingerprint density at radius 3 is 1.20 bits per heavy atom. The van der Waals surface area contributed by atoms with Crippen molar-refractivity contribution in [2.24, 2.45) is 0 Å². The number of rotatable bonds is 3. The lowest BCUT2D eigenvalue weighted by molar-refractivity contribution is 0.287. The van der Waals surface area contributed by atoms with Crippen LogP contribution in [0.15, 0.2) is 115 Å². The van der Waals surface area contributed by atoms with E-state index < -0.39 is 23.3 Å². The Hall–Kier alpha value is -6.23. The monoisotopic (exact) mass is 891 g/mol. The van der Waals surface area contributed by atoms with Crippen molar-refractivity contribution in [2.45, 2.75) is 98.2 Å². The Bertz CT molecular complexity index is 2630. The molecule has 9 rings (SSSR count). The second kappa shape index (κ2) is 18.7. The molecule has 65 heavy (non-hydrogen) atoms. The fraction of sp³-hybridized carbons (Fsp3) is 0.333. The Balaban J connectivity index is 0.000000145. The van der Waals surface area contributed by atoms with Crippen molar-refractivity contribution in [3.8, 4) is 17.2 Å². The molecule has 0 aromatic heterocycles. The van der Waals surface area contributed by atoms with Gasteiger partial charge in [-0.05, 0) is 118 Å². The van der Waals surface area contributed by atoms with Crippen LogP contribution in [0.4, 0.5) is 39.0 Å². The maximum absolute atomic E-state index is 13.9. The summed E-state index contributed by atoms with van der Waals surface area (Å²) in [5.74, 6) is -0.412. The minimum atomic E-state index is -0.841. The highest BCUT2D eigenvalue weighted by Gasteiger charge is 2.25. The minimum Gasteiger partial charge on any atom is -0.473 e. The van der Waals surface area contributed by atoms with Gasteiger partial charge in [0.1, 0.15) is 34.7 Å². The number of fused-ring (bicyclic) bond motifs is 3. The minimum absolute atomic E-state index is 0.0401. The second-order valence-electron chi connectivity index (χ2n) is 19.8. The van der Waals surface area contributed by atoms with Crippen molar-refractivity contribution in [3.63, 3.8) is 0 Å². The second-order valence-corrected chi connectivity index (χ2v) is 19.8. The smallest absolute Gasteiger partial charge is 0.161 e. The molecule has 0 unspecified atom stereocenters. The van der Waals surface area contributed by atoms with Gasteiger partial charge >= 0.3 is 0 Å². The van der Waals surface area contributed by atoms with Gasteiger partial charge in [0.25, 0.3) is 0 Å².